The monoisotopic (exact) mass is 162 g/mol. The van der Waals surface area contributed by atoms with Crippen LogP contribution in [-0.2, 0) is 0 Å². The predicted octanol–water partition coefficient (Wildman–Crippen LogP) is 1.21. The van der Waals surface area contributed by atoms with Gasteiger partial charge in [0.05, 0.1) is 0 Å². The average Bonchev–Trinajstić information content (AvgIpc) is 2.59. The molecule has 0 fully saturated rings. The molecule has 0 bridgehead atoms. The first-order chi connectivity index (χ1) is 5.95. The Kier molecular flexibility index (Phi) is 1.69. The highest BCUT2D eigenvalue weighted by Crippen LogP contribution is 2.09. The van der Waals surface area contributed by atoms with Gasteiger partial charge in [0.25, 0.3) is 5.88 Å². The molecule has 60 valence electrons. The lowest BCUT2D eigenvalue weighted by Gasteiger charge is -1.96. The van der Waals surface area contributed by atoms with Gasteiger partial charge < -0.3 is 9.84 Å². The molecule has 5 heteroatoms. The minimum atomic E-state index is 0.480. The highest BCUT2D eigenvalue weighted by molar-refractivity contribution is 5.47. The number of nitrogens with zero attached hydrogens (tertiary/aromatic N) is 3. The van der Waals surface area contributed by atoms with E-state index in [0.717, 1.165) is 0 Å². The van der Waals surface area contributed by atoms with Gasteiger partial charge in [-0.1, -0.05) is 6.07 Å². The molecule has 0 aliphatic heterocycles. The smallest absolute Gasteiger partial charge is 0.250 e. The number of hydrogen-bond donors (Lipinski definition) is 1. The van der Waals surface area contributed by atoms with Gasteiger partial charge >= 0.3 is 0 Å². The molecule has 0 radical (unpaired) electrons. The van der Waals surface area contributed by atoms with E-state index in [1.165, 1.54) is 6.20 Å². The van der Waals surface area contributed by atoms with Crippen molar-refractivity contribution in [3.05, 3.63) is 30.6 Å². The topological polar surface area (TPSA) is 63.8 Å². The summed E-state index contributed by atoms with van der Waals surface area (Å²) in [6.45, 7) is 0. The van der Waals surface area contributed by atoms with Gasteiger partial charge in [-0.05, 0) is 12.1 Å². The van der Waals surface area contributed by atoms with Crippen molar-refractivity contribution in [2.24, 2.45) is 0 Å². The van der Waals surface area contributed by atoms with Gasteiger partial charge in [-0.15, -0.1) is 5.10 Å². The zero-order valence-electron chi connectivity index (χ0n) is 6.14. The lowest BCUT2D eigenvalue weighted by atomic mass is 10.5. The molecule has 0 aliphatic rings. The molecule has 1 N–H and O–H groups in total. The van der Waals surface area contributed by atoms with Crippen LogP contribution in [0.4, 0.5) is 11.7 Å². The van der Waals surface area contributed by atoms with Gasteiger partial charge in [0.1, 0.15) is 12.0 Å². The summed E-state index contributed by atoms with van der Waals surface area (Å²) in [5.41, 5.74) is 0. The van der Waals surface area contributed by atoms with Crippen molar-refractivity contribution in [3.8, 4) is 0 Å². The Morgan fingerprint density at radius 3 is 3.00 bits per heavy atom. The molecule has 0 atom stereocenters. The zero-order chi connectivity index (χ0) is 8.23. The Labute approximate surface area is 68.4 Å². The highest BCUT2D eigenvalue weighted by Gasteiger charge is 1.97. The average molecular weight is 162 g/mol. The van der Waals surface area contributed by atoms with Crippen molar-refractivity contribution in [2.75, 3.05) is 5.32 Å². The standard InChI is InChI=1S/C7H6N4O/c1-2-4-8-6(3-1)10-7-5-9-11-12-7/h1-5H,(H,8,10). The van der Waals surface area contributed by atoms with Crippen LogP contribution in [0.5, 0.6) is 0 Å². The molecule has 2 aromatic rings. The molecule has 0 unspecified atom stereocenters. The molecule has 2 aromatic heterocycles. The van der Waals surface area contributed by atoms with Gasteiger partial charge in [0.2, 0.25) is 0 Å². The third-order valence-electron chi connectivity index (χ3n) is 1.28. The first kappa shape index (κ1) is 6.78. The number of anilines is 2. The number of rotatable bonds is 2. The van der Waals surface area contributed by atoms with Crippen LogP contribution in [0.2, 0.25) is 0 Å². The van der Waals surface area contributed by atoms with Crippen LogP contribution < -0.4 is 5.32 Å². The molecular formula is C7H6N4O. The zero-order valence-corrected chi connectivity index (χ0v) is 6.14. The Balaban J connectivity index is 2.15. The fourth-order valence-electron chi connectivity index (χ4n) is 0.785. The van der Waals surface area contributed by atoms with Crippen molar-refractivity contribution < 1.29 is 4.52 Å². The summed E-state index contributed by atoms with van der Waals surface area (Å²) >= 11 is 0. The molecule has 0 saturated heterocycles. The lowest BCUT2D eigenvalue weighted by Crippen LogP contribution is -1.89. The maximum absolute atomic E-state index is 4.73. The molecule has 0 spiro atoms. The summed E-state index contributed by atoms with van der Waals surface area (Å²) < 4.78 is 4.73. The van der Waals surface area contributed by atoms with Crippen molar-refractivity contribution >= 4 is 11.7 Å². The van der Waals surface area contributed by atoms with Gasteiger partial charge in [-0.2, -0.15) is 0 Å². The van der Waals surface area contributed by atoms with Crippen molar-refractivity contribution in [1.82, 2.24) is 15.4 Å². The Hall–Kier alpha value is -1.91. The van der Waals surface area contributed by atoms with Gasteiger partial charge in [0, 0.05) is 11.5 Å². The summed E-state index contributed by atoms with van der Waals surface area (Å²) in [5, 5.41) is 9.70. The fraction of sp³-hybridized carbons (Fsp3) is 0. The number of nitrogens with one attached hydrogen (secondary N) is 1. The number of pyridine rings is 1. The van der Waals surface area contributed by atoms with E-state index >= 15 is 0 Å². The molecule has 0 amide bonds. The van der Waals surface area contributed by atoms with Crippen molar-refractivity contribution in [2.45, 2.75) is 0 Å². The summed E-state index contributed by atoms with van der Waals surface area (Å²) in [6, 6.07) is 5.53. The van der Waals surface area contributed by atoms with Crippen LogP contribution in [0, 0.1) is 0 Å². The van der Waals surface area contributed by atoms with E-state index in [-0.39, 0.29) is 0 Å². The van der Waals surface area contributed by atoms with E-state index < -0.39 is 0 Å². The van der Waals surface area contributed by atoms with Crippen molar-refractivity contribution in [1.29, 1.82) is 0 Å². The highest BCUT2D eigenvalue weighted by atomic mass is 16.5. The van der Waals surface area contributed by atoms with E-state index in [0.29, 0.717) is 11.7 Å². The van der Waals surface area contributed by atoms with Crippen LogP contribution in [0.3, 0.4) is 0 Å². The van der Waals surface area contributed by atoms with Crippen LogP contribution >= 0.6 is 0 Å². The second kappa shape index (κ2) is 3.00. The minimum Gasteiger partial charge on any atom is -0.319 e. The molecule has 5 nitrogen and oxygen atoms in total. The summed E-state index contributed by atoms with van der Waals surface area (Å²) in [4.78, 5) is 4.03. The third-order valence-corrected chi connectivity index (χ3v) is 1.28. The molecule has 2 rings (SSSR count). The van der Waals surface area contributed by atoms with E-state index in [1.807, 2.05) is 18.2 Å². The number of hydrogen-bond acceptors (Lipinski definition) is 5. The van der Waals surface area contributed by atoms with E-state index in [9.17, 15) is 0 Å². The molecule has 0 saturated carbocycles. The first-order valence-electron chi connectivity index (χ1n) is 3.40. The SMILES string of the molecule is c1ccc(Nc2cnno2)nc1. The Morgan fingerprint density at radius 2 is 2.33 bits per heavy atom. The van der Waals surface area contributed by atoms with Crippen LogP contribution in [0.15, 0.2) is 35.1 Å². The van der Waals surface area contributed by atoms with E-state index in [2.05, 4.69) is 20.7 Å². The maximum Gasteiger partial charge on any atom is 0.250 e. The third kappa shape index (κ3) is 1.39. The number of aromatic nitrogens is 3. The molecular weight excluding hydrogens is 156 g/mol. The fourth-order valence-corrected chi connectivity index (χ4v) is 0.785. The van der Waals surface area contributed by atoms with Crippen LogP contribution in [0.1, 0.15) is 0 Å². The van der Waals surface area contributed by atoms with Gasteiger partial charge in [0.15, 0.2) is 0 Å². The quantitative estimate of drug-likeness (QED) is 0.718. The summed E-state index contributed by atoms with van der Waals surface area (Å²) in [7, 11) is 0. The van der Waals surface area contributed by atoms with Crippen LogP contribution in [0.25, 0.3) is 0 Å². The Morgan fingerprint density at radius 1 is 1.33 bits per heavy atom. The molecule has 2 heterocycles. The van der Waals surface area contributed by atoms with Gasteiger partial charge in [-0.25, -0.2) is 4.98 Å². The molecule has 12 heavy (non-hydrogen) atoms. The van der Waals surface area contributed by atoms with Crippen LogP contribution in [-0.4, -0.2) is 15.4 Å². The van der Waals surface area contributed by atoms with E-state index in [4.69, 9.17) is 4.52 Å². The normalized spacial score (nSPS) is 9.67. The predicted molar refractivity (Wildman–Crippen MR) is 41.8 cm³/mol. The summed E-state index contributed by atoms with van der Waals surface area (Å²) in [5.74, 6) is 1.18. The molecule has 0 aromatic carbocycles. The van der Waals surface area contributed by atoms with E-state index in [1.54, 1.807) is 6.20 Å². The second-order valence-electron chi connectivity index (χ2n) is 2.12. The molecule has 0 aliphatic carbocycles. The van der Waals surface area contributed by atoms with Crippen molar-refractivity contribution in [3.63, 3.8) is 0 Å². The van der Waals surface area contributed by atoms with Gasteiger partial charge in [-0.3, -0.25) is 0 Å². The first-order valence-corrected chi connectivity index (χ1v) is 3.40. The Bertz CT molecular complexity index is 332. The maximum atomic E-state index is 4.73. The second-order valence-corrected chi connectivity index (χ2v) is 2.12. The summed E-state index contributed by atoms with van der Waals surface area (Å²) in [6.07, 6.45) is 3.17. The minimum absolute atomic E-state index is 0.480. The lowest BCUT2D eigenvalue weighted by molar-refractivity contribution is 0.406. The largest absolute Gasteiger partial charge is 0.319 e.